The highest BCUT2D eigenvalue weighted by Gasteiger charge is 2.26. The van der Waals surface area contributed by atoms with E-state index in [1.807, 2.05) is 37.0 Å². The van der Waals surface area contributed by atoms with E-state index in [4.69, 9.17) is 9.05 Å². The molecule has 1 saturated heterocycles. The van der Waals surface area contributed by atoms with Crippen LogP contribution in [-0.2, 0) is 9.05 Å². The lowest BCUT2D eigenvalue weighted by Crippen LogP contribution is -2.18. The number of benzene rings is 1. The first-order valence-electron chi connectivity index (χ1n) is 5.09. The third kappa shape index (κ3) is 2.76. The molecule has 2 rings (SSSR count). The Kier molecular flexibility index (Phi) is 3.71. The number of rotatable bonds is 2. The highest BCUT2D eigenvalue weighted by Crippen LogP contribution is 2.49. The zero-order chi connectivity index (χ0) is 10.7. The van der Waals surface area contributed by atoms with Crippen LogP contribution in [0.3, 0.4) is 0 Å². The average Bonchev–Trinajstić information content (AvgIpc) is 2.30. The van der Waals surface area contributed by atoms with Crippen LogP contribution in [0.2, 0.25) is 0 Å². The van der Waals surface area contributed by atoms with Crippen LogP contribution in [0.1, 0.15) is 18.1 Å². The average molecular weight is 225 g/mol. The SMILES string of the molecule is CN(C)P1OCCC(c2ccccc2)O1. The Balaban J connectivity index is 2.05. The largest absolute Gasteiger partial charge is 0.322 e. The minimum absolute atomic E-state index is 0.188. The molecule has 2 atom stereocenters. The smallest absolute Gasteiger partial charge is 0.258 e. The van der Waals surface area contributed by atoms with E-state index in [1.165, 1.54) is 5.56 Å². The van der Waals surface area contributed by atoms with Crippen molar-refractivity contribution in [3.63, 3.8) is 0 Å². The Hall–Kier alpha value is -0.470. The molecule has 0 radical (unpaired) electrons. The summed E-state index contributed by atoms with van der Waals surface area (Å²) in [5.41, 5.74) is 1.25. The van der Waals surface area contributed by atoms with Crippen LogP contribution in [0.5, 0.6) is 0 Å². The maximum atomic E-state index is 5.90. The fourth-order valence-corrected chi connectivity index (χ4v) is 2.72. The van der Waals surface area contributed by atoms with Gasteiger partial charge in [0.1, 0.15) is 0 Å². The Bertz CT molecular complexity index is 305. The van der Waals surface area contributed by atoms with Gasteiger partial charge in [0, 0.05) is 6.42 Å². The zero-order valence-electron chi connectivity index (χ0n) is 9.09. The Morgan fingerprint density at radius 1 is 1.27 bits per heavy atom. The van der Waals surface area contributed by atoms with E-state index in [9.17, 15) is 0 Å². The monoisotopic (exact) mass is 225 g/mol. The van der Waals surface area contributed by atoms with E-state index in [-0.39, 0.29) is 6.10 Å². The lowest BCUT2D eigenvalue weighted by atomic mass is 10.1. The fraction of sp³-hybridized carbons (Fsp3) is 0.455. The summed E-state index contributed by atoms with van der Waals surface area (Å²) in [7, 11) is 3.11. The van der Waals surface area contributed by atoms with Crippen molar-refractivity contribution in [2.45, 2.75) is 12.5 Å². The third-order valence-electron chi connectivity index (χ3n) is 2.30. The van der Waals surface area contributed by atoms with Crippen LogP contribution in [-0.4, -0.2) is 25.4 Å². The van der Waals surface area contributed by atoms with Gasteiger partial charge in [-0.3, -0.25) is 0 Å². The standard InChI is InChI=1S/C11H16NO2P/c1-12(2)15-13-9-8-11(14-15)10-6-4-3-5-7-10/h3-7,11H,8-9H2,1-2H3. The van der Waals surface area contributed by atoms with Crippen molar-refractivity contribution in [1.82, 2.24) is 4.67 Å². The molecule has 0 aromatic heterocycles. The van der Waals surface area contributed by atoms with Crippen LogP contribution in [0, 0.1) is 0 Å². The van der Waals surface area contributed by atoms with Crippen molar-refractivity contribution < 1.29 is 9.05 Å². The predicted octanol–water partition coefficient (Wildman–Crippen LogP) is 2.95. The summed E-state index contributed by atoms with van der Waals surface area (Å²) >= 11 is 0. The Morgan fingerprint density at radius 2 is 2.00 bits per heavy atom. The molecule has 0 spiro atoms. The maximum Gasteiger partial charge on any atom is 0.258 e. The lowest BCUT2D eigenvalue weighted by Gasteiger charge is -2.32. The highest BCUT2D eigenvalue weighted by atomic mass is 31.2. The summed E-state index contributed by atoms with van der Waals surface area (Å²) in [4.78, 5) is 0. The van der Waals surface area contributed by atoms with E-state index < -0.39 is 8.53 Å². The zero-order valence-corrected chi connectivity index (χ0v) is 9.98. The first-order valence-corrected chi connectivity index (χ1v) is 6.22. The minimum Gasteiger partial charge on any atom is -0.322 e. The minimum atomic E-state index is -0.860. The van der Waals surface area contributed by atoms with Crippen molar-refractivity contribution in [1.29, 1.82) is 0 Å². The van der Waals surface area contributed by atoms with Crippen molar-refractivity contribution in [3.05, 3.63) is 35.9 Å². The summed E-state index contributed by atoms with van der Waals surface area (Å²) in [5, 5.41) is 0. The van der Waals surface area contributed by atoms with E-state index >= 15 is 0 Å². The summed E-state index contributed by atoms with van der Waals surface area (Å²) in [5.74, 6) is 0. The normalized spacial score (nSPS) is 26.9. The first-order chi connectivity index (χ1) is 7.27. The number of hydrogen-bond acceptors (Lipinski definition) is 3. The van der Waals surface area contributed by atoms with Gasteiger partial charge >= 0.3 is 0 Å². The van der Waals surface area contributed by atoms with Gasteiger partial charge in [0.15, 0.2) is 0 Å². The number of nitrogens with zero attached hydrogens (tertiary/aromatic N) is 1. The van der Waals surface area contributed by atoms with Crippen molar-refractivity contribution in [2.75, 3.05) is 20.7 Å². The molecule has 1 aliphatic heterocycles. The second-order valence-corrected chi connectivity index (χ2v) is 5.46. The van der Waals surface area contributed by atoms with Gasteiger partial charge in [0.25, 0.3) is 8.53 Å². The van der Waals surface area contributed by atoms with Gasteiger partial charge in [0.2, 0.25) is 0 Å². The molecule has 0 bridgehead atoms. The van der Waals surface area contributed by atoms with Gasteiger partial charge in [-0.2, -0.15) is 0 Å². The molecule has 0 aliphatic carbocycles. The maximum absolute atomic E-state index is 5.90. The number of hydrogen-bond donors (Lipinski definition) is 0. The first kappa shape index (κ1) is 11.0. The molecule has 0 saturated carbocycles. The molecule has 3 nitrogen and oxygen atoms in total. The van der Waals surface area contributed by atoms with Crippen molar-refractivity contribution in [2.24, 2.45) is 0 Å². The summed E-state index contributed by atoms with van der Waals surface area (Å²) in [6.07, 6.45) is 1.13. The molecule has 1 aromatic rings. The van der Waals surface area contributed by atoms with Crippen LogP contribution >= 0.6 is 8.53 Å². The van der Waals surface area contributed by atoms with Crippen LogP contribution in [0.15, 0.2) is 30.3 Å². The van der Waals surface area contributed by atoms with E-state index in [0.717, 1.165) is 13.0 Å². The second-order valence-electron chi connectivity index (χ2n) is 3.71. The molecular weight excluding hydrogens is 209 g/mol. The van der Waals surface area contributed by atoms with Gasteiger partial charge in [-0.1, -0.05) is 30.3 Å². The predicted molar refractivity (Wildman–Crippen MR) is 61.4 cm³/mol. The molecule has 0 amide bonds. The van der Waals surface area contributed by atoms with Crippen LogP contribution in [0.4, 0.5) is 0 Å². The molecule has 15 heavy (non-hydrogen) atoms. The molecule has 4 heteroatoms. The second kappa shape index (κ2) is 5.04. The molecule has 2 unspecified atom stereocenters. The molecule has 1 fully saturated rings. The van der Waals surface area contributed by atoms with Gasteiger partial charge in [-0.05, 0) is 19.7 Å². The molecule has 1 aromatic carbocycles. The van der Waals surface area contributed by atoms with E-state index in [0.29, 0.717) is 0 Å². The van der Waals surface area contributed by atoms with E-state index in [1.54, 1.807) is 0 Å². The Morgan fingerprint density at radius 3 is 2.67 bits per heavy atom. The molecule has 1 aliphatic rings. The summed E-state index contributed by atoms with van der Waals surface area (Å²) in [6.45, 7) is 0.781. The van der Waals surface area contributed by atoms with Gasteiger partial charge in [-0.15, -0.1) is 0 Å². The topological polar surface area (TPSA) is 21.7 Å². The van der Waals surface area contributed by atoms with Gasteiger partial charge in [-0.25, -0.2) is 4.67 Å². The molecule has 1 heterocycles. The van der Waals surface area contributed by atoms with Crippen molar-refractivity contribution >= 4 is 8.53 Å². The molecule has 0 N–H and O–H groups in total. The van der Waals surface area contributed by atoms with Crippen LogP contribution in [0.25, 0.3) is 0 Å². The summed E-state index contributed by atoms with van der Waals surface area (Å²) in [6, 6.07) is 10.3. The van der Waals surface area contributed by atoms with Crippen LogP contribution < -0.4 is 0 Å². The summed E-state index contributed by atoms with van der Waals surface area (Å²) < 4.78 is 13.5. The quantitative estimate of drug-likeness (QED) is 0.722. The third-order valence-corrected chi connectivity index (χ3v) is 3.79. The van der Waals surface area contributed by atoms with Crippen molar-refractivity contribution in [3.8, 4) is 0 Å². The highest BCUT2D eigenvalue weighted by molar-refractivity contribution is 7.44. The molecular formula is C11H16NO2P. The van der Waals surface area contributed by atoms with Gasteiger partial charge < -0.3 is 9.05 Å². The Labute approximate surface area is 92.0 Å². The van der Waals surface area contributed by atoms with E-state index in [2.05, 4.69) is 12.1 Å². The fourth-order valence-electron chi connectivity index (χ4n) is 1.53. The lowest BCUT2D eigenvalue weighted by molar-refractivity contribution is 0.0914. The molecule has 82 valence electrons. The van der Waals surface area contributed by atoms with Gasteiger partial charge in [0.05, 0.1) is 12.7 Å².